The Morgan fingerprint density at radius 3 is 1.30 bits per heavy atom. The lowest BCUT2D eigenvalue weighted by atomic mass is 9.98. The molecule has 236 valence electrons. The van der Waals surface area contributed by atoms with Crippen molar-refractivity contribution in [3.63, 3.8) is 0 Å². The Hall–Kier alpha value is -2.64. The van der Waals surface area contributed by atoms with Gasteiger partial charge in [0.2, 0.25) is 0 Å². The van der Waals surface area contributed by atoms with Gasteiger partial charge in [0, 0.05) is 26.4 Å². The fraction of sp³-hybridized carbons (Fsp3) is 0.459. The van der Waals surface area contributed by atoms with Crippen molar-refractivity contribution in [2.24, 2.45) is 0 Å². The van der Waals surface area contributed by atoms with Gasteiger partial charge in [0.15, 0.2) is 0 Å². The van der Waals surface area contributed by atoms with Crippen LogP contribution in [0.4, 0.5) is 22.7 Å². The Kier molecular flexibility index (Phi) is 13.8. The topological polar surface area (TPSA) is 61.4 Å². The number of amides is 2. The Balaban J connectivity index is 1.62. The quantitative estimate of drug-likeness (QED) is 0.0954. The summed E-state index contributed by atoms with van der Waals surface area (Å²) in [6.07, 6.45) is 16.0. The zero-order valence-corrected chi connectivity index (χ0v) is 29.4. The first-order valence-electron chi connectivity index (χ1n) is 16.5. The number of anilines is 4. The summed E-state index contributed by atoms with van der Waals surface area (Å²) in [5, 5.41) is 6.86. The van der Waals surface area contributed by atoms with Gasteiger partial charge >= 0.3 is 0 Å². The third-order valence-electron chi connectivity index (χ3n) is 8.46. The molecule has 0 atom stereocenters. The molecular formula is C37H47Br2N3O2. The molecule has 0 saturated heterocycles. The number of unbranched alkanes of at least 4 members (excludes halogenated alkanes) is 10. The molecule has 1 heterocycles. The second-order valence-corrected chi connectivity index (χ2v) is 13.8. The summed E-state index contributed by atoms with van der Waals surface area (Å²) >= 11 is 7.00. The highest BCUT2D eigenvalue weighted by Gasteiger charge is 2.43. The Labute approximate surface area is 280 Å². The van der Waals surface area contributed by atoms with Gasteiger partial charge in [-0.05, 0) is 73.5 Å². The summed E-state index contributed by atoms with van der Waals surface area (Å²) in [4.78, 5) is 30.3. The number of benzene rings is 3. The summed E-state index contributed by atoms with van der Waals surface area (Å²) < 4.78 is 1.96. The lowest BCUT2D eigenvalue weighted by Gasteiger charge is -2.27. The van der Waals surface area contributed by atoms with E-state index in [-0.39, 0.29) is 17.9 Å². The van der Waals surface area contributed by atoms with E-state index in [4.69, 9.17) is 0 Å². The van der Waals surface area contributed by atoms with Gasteiger partial charge in [-0.15, -0.1) is 0 Å². The predicted octanol–water partition coefficient (Wildman–Crippen LogP) is 12.2. The number of imide groups is 1. The summed E-state index contributed by atoms with van der Waals surface area (Å²) in [5.41, 5.74) is 3.94. The normalized spacial score (nSPS) is 12.7. The van der Waals surface area contributed by atoms with Crippen molar-refractivity contribution in [1.29, 1.82) is 0 Å². The Bertz CT molecular complexity index is 1260. The molecule has 0 aromatic heterocycles. The van der Waals surface area contributed by atoms with Crippen LogP contribution < -0.4 is 10.6 Å². The summed E-state index contributed by atoms with van der Waals surface area (Å²) in [6, 6.07) is 19.4. The standard InChI is InChI=1S/C37H47Br2N3O2/c1-3-5-7-9-11-13-15-31(16-14-12-10-8-6-4-2)42-36(43)34-32(40-29-21-17-27(38)18-22-29)25-26-33(35(34)37(42)44)41-30-23-19-28(39)20-24-30/h17-26,31,40-41H,3-16H2,1-2H3. The Morgan fingerprint density at radius 2 is 0.909 bits per heavy atom. The van der Waals surface area contributed by atoms with E-state index in [9.17, 15) is 9.59 Å². The molecule has 0 unspecified atom stereocenters. The summed E-state index contributed by atoms with van der Waals surface area (Å²) in [7, 11) is 0. The molecule has 0 saturated carbocycles. The third-order valence-corrected chi connectivity index (χ3v) is 9.52. The molecule has 1 aliphatic heterocycles. The molecule has 3 aromatic rings. The molecule has 2 N–H and O–H groups in total. The molecule has 0 fully saturated rings. The molecule has 3 aromatic carbocycles. The first kappa shape index (κ1) is 34.2. The van der Waals surface area contributed by atoms with Crippen molar-refractivity contribution in [2.75, 3.05) is 10.6 Å². The van der Waals surface area contributed by atoms with Crippen molar-refractivity contribution in [2.45, 2.75) is 110 Å². The van der Waals surface area contributed by atoms with Crippen LogP contribution in [-0.2, 0) is 0 Å². The third kappa shape index (κ3) is 9.43. The van der Waals surface area contributed by atoms with E-state index >= 15 is 0 Å². The van der Waals surface area contributed by atoms with E-state index < -0.39 is 0 Å². The monoisotopic (exact) mass is 723 g/mol. The minimum Gasteiger partial charge on any atom is -0.355 e. The lowest BCUT2D eigenvalue weighted by Crippen LogP contribution is -2.40. The maximum Gasteiger partial charge on any atom is 0.264 e. The molecule has 4 rings (SSSR count). The van der Waals surface area contributed by atoms with Crippen LogP contribution in [0.1, 0.15) is 124 Å². The van der Waals surface area contributed by atoms with Crippen LogP contribution in [0.25, 0.3) is 0 Å². The second kappa shape index (κ2) is 17.7. The maximum atomic E-state index is 14.3. The number of nitrogens with zero attached hydrogens (tertiary/aromatic N) is 1. The molecule has 0 bridgehead atoms. The van der Waals surface area contributed by atoms with Gasteiger partial charge in [-0.3, -0.25) is 14.5 Å². The summed E-state index contributed by atoms with van der Waals surface area (Å²) in [5.74, 6) is -0.378. The van der Waals surface area contributed by atoms with Crippen LogP contribution in [-0.4, -0.2) is 22.8 Å². The molecule has 1 aliphatic rings. The van der Waals surface area contributed by atoms with Crippen LogP contribution in [0.15, 0.2) is 69.6 Å². The number of rotatable bonds is 19. The van der Waals surface area contributed by atoms with Gasteiger partial charge < -0.3 is 10.6 Å². The van der Waals surface area contributed by atoms with Crippen LogP contribution >= 0.6 is 31.9 Å². The number of hydrogen-bond donors (Lipinski definition) is 2. The molecule has 0 aliphatic carbocycles. The van der Waals surface area contributed by atoms with Crippen LogP contribution in [0.5, 0.6) is 0 Å². The van der Waals surface area contributed by atoms with Gasteiger partial charge in [-0.1, -0.05) is 123 Å². The van der Waals surface area contributed by atoms with E-state index in [1.807, 2.05) is 60.7 Å². The highest BCUT2D eigenvalue weighted by atomic mass is 79.9. The SMILES string of the molecule is CCCCCCCCC(CCCCCCCC)N1C(=O)c2c(Nc3ccc(Br)cc3)ccc(Nc3ccc(Br)cc3)c2C1=O. The van der Waals surface area contributed by atoms with Gasteiger partial charge in [-0.25, -0.2) is 0 Å². The van der Waals surface area contributed by atoms with E-state index in [0.717, 1.165) is 58.8 Å². The molecule has 2 amide bonds. The van der Waals surface area contributed by atoms with Crippen LogP contribution in [0, 0.1) is 0 Å². The minimum absolute atomic E-state index is 0.0965. The number of carbonyl (C=O) groups is 2. The van der Waals surface area contributed by atoms with Gasteiger partial charge in [0.1, 0.15) is 0 Å². The largest absolute Gasteiger partial charge is 0.355 e. The smallest absolute Gasteiger partial charge is 0.264 e. The molecule has 0 radical (unpaired) electrons. The molecule has 0 spiro atoms. The fourth-order valence-electron chi connectivity index (χ4n) is 6.02. The van der Waals surface area contributed by atoms with Gasteiger partial charge in [0.25, 0.3) is 11.8 Å². The minimum atomic E-state index is -0.189. The summed E-state index contributed by atoms with van der Waals surface area (Å²) in [6.45, 7) is 4.47. The van der Waals surface area contributed by atoms with E-state index in [1.165, 1.54) is 51.4 Å². The fourth-order valence-corrected chi connectivity index (χ4v) is 6.55. The first-order chi connectivity index (χ1) is 21.4. The van der Waals surface area contributed by atoms with E-state index in [1.54, 1.807) is 4.90 Å². The van der Waals surface area contributed by atoms with Gasteiger partial charge in [-0.2, -0.15) is 0 Å². The van der Waals surface area contributed by atoms with Crippen LogP contribution in [0.3, 0.4) is 0 Å². The number of halogens is 2. The van der Waals surface area contributed by atoms with E-state index in [2.05, 4.69) is 56.3 Å². The molecule has 7 heteroatoms. The van der Waals surface area contributed by atoms with Crippen molar-refractivity contribution in [1.82, 2.24) is 4.90 Å². The number of carbonyl (C=O) groups excluding carboxylic acids is 2. The number of nitrogens with one attached hydrogen (secondary N) is 2. The average molecular weight is 726 g/mol. The van der Waals surface area contributed by atoms with Crippen molar-refractivity contribution < 1.29 is 9.59 Å². The predicted molar refractivity (Wildman–Crippen MR) is 192 cm³/mol. The van der Waals surface area contributed by atoms with E-state index in [0.29, 0.717) is 22.5 Å². The Morgan fingerprint density at radius 1 is 0.545 bits per heavy atom. The number of hydrogen-bond acceptors (Lipinski definition) is 4. The first-order valence-corrected chi connectivity index (χ1v) is 18.1. The van der Waals surface area contributed by atoms with Crippen LogP contribution in [0.2, 0.25) is 0 Å². The highest BCUT2D eigenvalue weighted by molar-refractivity contribution is 9.10. The highest BCUT2D eigenvalue weighted by Crippen LogP contribution is 2.39. The molecule has 44 heavy (non-hydrogen) atoms. The lowest BCUT2D eigenvalue weighted by molar-refractivity contribution is 0.0563. The zero-order valence-electron chi connectivity index (χ0n) is 26.3. The average Bonchev–Trinajstić information content (AvgIpc) is 3.29. The molecular weight excluding hydrogens is 678 g/mol. The van der Waals surface area contributed by atoms with Crippen molar-refractivity contribution in [3.05, 3.63) is 80.7 Å². The molecule has 5 nitrogen and oxygen atoms in total. The van der Waals surface area contributed by atoms with Gasteiger partial charge in [0.05, 0.1) is 22.5 Å². The zero-order chi connectivity index (χ0) is 31.3. The van der Waals surface area contributed by atoms with Crippen molar-refractivity contribution >= 4 is 66.4 Å². The van der Waals surface area contributed by atoms with Crippen molar-refractivity contribution in [3.8, 4) is 0 Å². The number of fused-ring (bicyclic) bond motifs is 1. The second-order valence-electron chi connectivity index (χ2n) is 11.9. The maximum absolute atomic E-state index is 14.3.